The van der Waals surface area contributed by atoms with Crippen LogP contribution in [0.25, 0.3) is 0 Å². The molecule has 0 spiro atoms. The molecule has 2 rings (SSSR count). The second-order valence-corrected chi connectivity index (χ2v) is 5.34. The zero-order valence-electron chi connectivity index (χ0n) is 10.8. The third kappa shape index (κ3) is 3.43. The Bertz CT molecular complexity index is 342. The van der Waals surface area contributed by atoms with Crippen LogP contribution in [0.5, 0.6) is 5.75 Å². The zero-order chi connectivity index (χ0) is 12.3. The van der Waals surface area contributed by atoms with Crippen molar-refractivity contribution in [3.8, 4) is 5.75 Å². The topological polar surface area (TPSA) is 36.4 Å². The van der Waals surface area contributed by atoms with Crippen LogP contribution in [0.3, 0.4) is 0 Å². The van der Waals surface area contributed by atoms with Crippen LogP contribution < -0.4 is 0 Å². The van der Waals surface area contributed by atoms with Gasteiger partial charge in [0.1, 0.15) is 5.75 Å². The highest BCUT2D eigenvalue weighted by Crippen LogP contribution is 2.27. The summed E-state index contributed by atoms with van der Waals surface area (Å²) in [6.07, 6.45) is 6.81. The molecule has 1 N–H and O–H groups in total. The molecule has 17 heavy (non-hydrogen) atoms. The van der Waals surface area contributed by atoms with E-state index in [1.807, 2.05) is 6.07 Å². The van der Waals surface area contributed by atoms with Gasteiger partial charge < -0.3 is 5.11 Å². The lowest BCUT2D eigenvalue weighted by Gasteiger charge is -2.33. The van der Waals surface area contributed by atoms with Crippen LogP contribution in [-0.4, -0.2) is 28.1 Å². The first-order valence-electron chi connectivity index (χ1n) is 6.49. The maximum atomic E-state index is 9.19. The molecule has 94 valence electrons. The highest BCUT2D eigenvalue weighted by molar-refractivity contribution is 5.17. The molecular weight excluding hydrogens is 212 g/mol. The summed E-state index contributed by atoms with van der Waals surface area (Å²) < 4.78 is 0. The normalized spacial score (nSPS) is 25.1. The number of hydrogen-bond acceptors (Lipinski definition) is 3. The van der Waals surface area contributed by atoms with Gasteiger partial charge in [-0.05, 0) is 50.8 Å². The second-order valence-electron chi connectivity index (χ2n) is 5.34. The van der Waals surface area contributed by atoms with Gasteiger partial charge in [-0.3, -0.25) is 9.88 Å². The van der Waals surface area contributed by atoms with Crippen LogP contribution in [0.4, 0.5) is 0 Å². The van der Waals surface area contributed by atoms with Gasteiger partial charge in [-0.15, -0.1) is 0 Å². The number of nitrogens with zero attached hydrogens (tertiary/aromatic N) is 2. The average Bonchev–Trinajstić information content (AvgIpc) is 2.33. The van der Waals surface area contributed by atoms with Gasteiger partial charge in [-0.2, -0.15) is 0 Å². The highest BCUT2D eigenvalue weighted by Gasteiger charge is 2.21. The molecule has 1 aromatic heterocycles. The monoisotopic (exact) mass is 234 g/mol. The Morgan fingerprint density at radius 3 is 2.59 bits per heavy atom. The predicted octanol–water partition coefficient (Wildman–Crippen LogP) is 2.80. The summed E-state index contributed by atoms with van der Waals surface area (Å²) in [5.41, 5.74) is 1.03. The molecule has 1 saturated carbocycles. The molecule has 1 aliphatic rings. The summed E-state index contributed by atoms with van der Waals surface area (Å²) in [5.74, 6) is 1.13. The van der Waals surface area contributed by atoms with Gasteiger partial charge in [0.25, 0.3) is 0 Å². The molecule has 0 aromatic carbocycles. The van der Waals surface area contributed by atoms with E-state index >= 15 is 0 Å². The zero-order valence-corrected chi connectivity index (χ0v) is 10.8. The van der Waals surface area contributed by atoms with Gasteiger partial charge in [0, 0.05) is 12.6 Å². The molecule has 1 heterocycles. The third-order valence-electron chi connectivity index (χ3n) is 3.83. The number of aromatic hydroxyl groups is 1. The minimum Gasteiger partial charge on any atom is -0.506 e. The number of hydrogen-bond donors (Lipinski definition) is 1. The van der Waals surface area contributed by atoms with Crippen molar-refractivity contribution in [3.63, 3.8) is 0 Å². The van der Waals surface area contributed by atoms with Crippen molar-refractivity contribution in [3.05, 3.63) is 24.0 Å². The van der Waals surface area contributed by atoms with Crippen LogP contribution >= 0.6 is 0 Å². The maximum Gasteiger partial charge on any atom is 0.133 e. The van der Waals surface area contributed by atoms with Crippen molar-refractivity contribution in [2.24, 2.45) is 5.92 Å². The van der Waals surface area contributed by atoms with Crippen LogP contribution in [0.15, 0.2) is 18.3 Å². The van der Waals surface area contributed by atoms with Crippen molar-refractivity contribution < 1.29 is 5.11 Å². The molecule has 0 unspecified atom stereocenters. The molecular formula is C14H22N2O. The Hall–Kier alpha value is -1.09. The van der Waals surface area contributed by atoms with E-state index in [9.17, 15) is 5.11 Å². The van der Waals surface area contributed by atoms with E-state index in [1.54, 1.807) is 6.07 Å². The molecule has 0 amide bonds. The lowest BCUT2D eigenvalue weighted by atomic mass is 9.87. The van der Waals surface area contributed by atoms with Gasteiger partial charge in [0.15, 0.2) is 0 Å². The van der Waals surface area contributed by atoms with Gasteiger partial charge in [0.2, 0.25) is 0 Å². The lowest BCUT2D eigenvalue weighted by molar-refractivity contribution is 0.162. The Kier molecular flexibility index (Phi) is 4.00. The molecule has 0 atom stereocenters. The summed E-state index contributed by atoms with van der Waals surface area (Å²) in [6.45, 7) is 3.22. The highest BCUT2D eigenvalue weighted by atomic mass is 16.3. The molecule has 1 fully saturated rings. The molecule has 1 aliphatic carbocycles. The lowest BCUT2D eigenvalue weighted by Crippen LogP contribution is -2.34. The largest absolute Gasteiger partial charge is 0.506 e. The van der Waals surface area contributed by atoms with Crippen molar-refractivity contribution in [2.75, 3.05) is 7.05 Å². The molecule has 0 saturated heterocycles. The fraction of sp³-hybridized carbons (Fsp3) is 0.643. The minimum atomic E-state index is 0.239. The quantitative estimate of drug-likeness (QED) is 0.873. The van der Waals surface area contributed by atoms with E-state index in [0.29, 0.717) is 6.04 Å². The summed E-state index contributed by atoms with van der Waals surface area (Å²) in [4.78, 5) is 6.63. The van der Waals surface area contributed by atoms with Crippen LogP contribution in [0.2, 0.25) is 0 Å². The Balaban J connectivity index is 1.88. The Labute approximate surface area is 103 Å². The van der Waals surface area contributed by atoms with Gasteiger partial charge in [0.05, 0.1) is 11.9 Å². The van der Waals surface area contributed by atoms with Crippen LogP contribution in [-0.2, 0) is 6.54 Å². The van der Waals surface area contributed by atoms with Gasteiger partial charge >= 0.3 is 0 Å². The summed E-state index contributed by atoms with van der Waals surface area (Å²) in [6, 6.07) is 4.30. The smallest absolute Gasteiger partial charge is 0.133 e. The summed E-state index contributed by atoms with van der Waals surface area (Å²) in [7, 11) is 2.18. The number of aromatic nitrogens is 1. The third-order valence-corrected chi connectivity index (χ3v) is 3.83. The first-order valence-corrected chi connectivity index (χ1v) is 6.49. The van der Waals surface area contributed by atoms with Crippen molar-refractivity contribution >= 4 is 0 Å². The van der Waals surface area contributed by atoms with E-state index in [2.05, 4.69) is 23.9 Å². The molecule has 0 radical (unpaired) electrons. The van der Waals surface area contributed by atoms with Crippen LogP contribution in [0.1, 0.15) is 38.3 Å². The van der Waals surface area contributed by atoms with Crippen molar-refractivity contribution in [1.82, 2.24) is 9.88 Å². The molecule has 3 heteroatoms. The molecule has 1 aromatic rings. The Morgan fingerprint density at radius 1 is 1.29 bits per heavy atom. The number of pyridine rings is 1. The SMILES string of the molecule is CC1CCC(N(C)Cc2ccc(O)cn2)CC1. The van der Waals surface area contributed by atoms with E-state index in [-0.39, 0.29) is 5.75 Å². The van der Waals surface area contributed by atoms with Crippen molar-refractivity contribution in [2.45, 2.75) is 45.2 Å². The van der Waals surface area contributed by atoms with E-state index in [4.69, 9.17) is 0 Å². The van der Waals surface area contributed by atoms with Gasteiger partial charge in [-0.25, -0.2) is 0 Å². The maximum absolute atomic E-state index is 9.19. The van der Waals surface area contributed by atoms with E-state index in [1.165, 1.54) is 31.9 Å². The number of rotatable bonds is 3. The molecule has 0 aliphatic heterocycles. The predicted molar refractivity (Wildman–Crippen MR) is 68.8 cm³/mol. The Morgan fingerprint density at radius 2 is 2.00 bits per heavy atom. The average molecular weight is 234 g/mol. The van der Waals surface area contributed by atoms with Crippen LogP contribution in [0, 0.1) is 5.92 Å². The molecule has 0 bridgehead atoms. The second kappa shape index (κ2) is 5.50. The van der Waals surface area contributed by atoms with Crippen molar-refractivity contribution in [1.29, 1.82) is 0 Å². The first-order chi connectivity index (χ1) is 8.15. The van der Waals surface area contributed by atoms with E-state index < -0.39 is 0 Å². The minimum absolute atomic E-state index is 0.239. The summed E-state index contributed by atoms with van der Waals surface area (Å²) in [5, 5.41) is 9.19. The molecule has 3 nitrogen and oxygen atoms in total. The fourth-order valence-corrected chi connectivity index (χ4v) is 2.58. The fourth-order valence-electron chi connectivity index (χ4n) is 2.58. The van der Waals surface area contributed by atoms with E-state index in [0.717, 1.165) is 18.2 Å². The van der Waals surface area contributed by atoms with Gasteiger partial charge in [-0.1, -0.05) is 6.92 Å². The standard InChI is InChI=1S/C14H22N2O/c1-11-3-6-13(7-4-11)16(2)10-12-5-8-14(17)9-15-12/h5,8-9,11,13,17H,3-4,6-7,10H2,1-2H3. The summed E-state index contributed by atoms with van der Waals surface area (Å²) >= 11 is 0. The first kappa shape index (κ1) is 12.4.